The summed E-state index contributed by atoms with van der Waals surface area (Å²) >= 11 is 2.46. The van der Waals surface area contributed by atoms with Crippen LogP contribution >= 0.6 is 22.6 Å². The Bertz CT molecular complexity index is 219. The quantitative estimate of drug-likeness (QED) is 0.202. The molecule has 0 rings (SSSR count). The average Bonchev–Trinajstić information content (AvgIpc) is 2.39. The summed E-state index contributed by atoms with van der Waals surface area (Å²) in [6.45, 7) is 2.05. The molecule has 0 aromatic carbocycles. The number of rotatable bonds is 15. The van der Waals surface area contributed by atoms with Crippen LogP contribution in [0, 0.1) is 5.92 Å². The van der Waals surface area contributed by atoms with Gasteiger partial charge in [-0.3, -0.25) is 4.79 Å². The van der Waals surface area contributed by atoms with Gasteiger partial charge in [0.25, 0.3) is 0 Å². The molecule has 0 bridgehead atoms. The molecule has 0 aliphatic carbocycles. The molecule has 0 aromatic rings. The number of aliphatic carboxylic acids is 1. The van der Waals surface area contributed by atoms with Crippen LogP contribution in [0.4, 0.5) is 0 Å². The van der Waals surface area contributed by atoms with E-state index in [0.29, 0.717) is 12.3 Å². The number of halogens is 1. The van der Waals surface area contributed by atoms with E-state index < -0.39 is 5.97 Å². The zero-order chi connectivity index (χ0) is 15.1. The van der Waals surface area contributed by atoms with Gasteiger partial charge in [-0.15, -0.1) is 0 Å². The normalized spacial score (nSPS) is 12.5. The standard InChI is InChI=1S/C17H33IO2/c1-16(15-17(19)20)13-11-9-7-5-3-2-4-6-8-10-12-14-18/h16H,2-15H2,1H3,(H,19,20)/i17+2. The lowest BCUT2D eigenvalue weighted by atomic mass is 10.0. The van der Waals surface area contributed by atoms with E-state index in [1.165, 1.54) is 75.1 Å². The van der Waals surface area contributed by atoms with Gasteiger partial charge >= 0.3 is 5.97 Å². The van der Waals surface area contributed by atoms with Crippen molar-refractivity contribution in [3.63, 3.8) is 0 Å². The monoisotopic (exact) mass is 398 g/mol. The van der Waals surface area contributed by atoms with Crippen molar-refractivity contribution in [1.82, 2.24) is 0 Å². The largest absolute Gasteiger partial charge is 0.481 e. The maximum atomic E-state index is 10.5. The van der Waals surface area contributed by atoms with Gasteiger partial charge in [-0.2, -0.15) is 0 Å². The molecule has 1 unspecified atom stereocenters. The Hall–Kier alpha value is 0.200. The molecule has 20 heavy (non-hydrogen) atoms. The van der Waals surface area contributed by atoms with Gasteiger partial charge in [0.15, 0.2) is 0 Å². The molecule has 0 aliphatic rings. The fourth-order valence-corrected chi connectivity index (χ4v) is 3.12. The van der Waals surface area contributed by atoms with Crippen LogP contribution in [0.25, 0.3) is 0 Å². The van der Waals surface area contributed by atoms with E-state index in [9.17, 15) is 4.79 Å². The third-order valence-corrected chi connectivity index (χ3v) is 4.62. The summed E-state index contributed by atoms with van der Waals surface area (Å²) in [5.74, 6) is -0.314. The van der Waals surface area contributed by atoms with Crippen molar-refractivity contribution in [2.24, 2.45) is 5.92 Å². The number of carboxylic acid groups (broad SMARTS) is 1. The molecule has 0 saturated carbocycles. The Morgan fingerprint density at radius 1 is 0.850 bits per heavy atom. The Morgan fingerprint density at radius 3 is 1.65 bits per heavy atom. The van der Waals surface area contributed by atoms with E-state index in [2.05, 4.69) is 22.6 Å². The molecule has 3 heteroatoms. The minimum absolute atomic E-state index is 0.331. The van der Waals surface area contributed by atoms with Gasteiger partial charge in [0.05, 0.1) is 0 Å². The van der Waals surface area contributed by atoms with Gasteiger partial charge < -0.3 is 5.11 Å². The van der Waals surface area contributed by atoms with E-state index in [1.54, 1.807) is 0 Å². The second-order valence-corrected chi connectivity index (χ2v) is 7.15. The van der Waals surface area contributed by atoms with Crippen LogP contribution in [0.2, 0.25) is 0 Å². The summed E-state index contributed by atoms with van der Waals surface area (Å²) in [4.78, 5) is 10.5. The van der Waals surface area contributed by atoms with Crippen LogP contribution in [-0.4, -0.2) is 15.5 Å². The minimum atomic E-state index is -0.656. The first-order chi connectivity index (χ1) is 9.66. The smallest absolute Gasteiger partial charge is 0.303 e. The van der Waals surface area contributed by atoms with Gasteiger partial charge in [-0.1, -0.05) is 100 Å². The van der Waals surface area contributed by atoms with Crippen molar-refractivity contribution in [2.45, 2.75) is 90.4 Å². The lowest BCUT2D eigenvalue weighted by Crippen LogP contribution is -2.03. The number of alkyl halides is 1. The second kappa shape index (κ2) is 15.6. The highest BCUT2D eigenvalue weighted by Crippen LogP contribution is 2.15. The molecule has 0 aromatic heterocycles. The third kappa shape index (κ3) is 16.3. The summed E-state index contributed by atoms with van der Waals surface area (Å²) in [6.07, 6.45) is 16.4. The summed E-state index contributed by atoms with van der Waals surface area (Å²) in [7, 11) is 0. The van der Waals surface area contributed by atoms with Gasteiger partial charge in [-0.05, 0) is 16.8 Å². The Balaban J connectivity index is 3.08. The summed E-state index contributed by atoms with van der Waals surface area (Å²) in [5.41, 5.74) is 0. The first kappa shape index (κ1) is 20.2. The maximum absolute atomic E-state index is 10.5. The number of carbonyl (C=O) groups is 1. The fraction of sp³-hybridized carbons (Fsp3) is 0.941. The average molecular weight is 398 g/mol. The van der Waals surface area contributed by atoms with E-state index in [0.717, 1.165) is 6.42 Å². The lowest BCUT2D eigenvalue weighted by molar-refractivity contribution is -0.138. The van der Waals surface area contributed by atoms with Crippen LogP contribution in [-0.2, 0) is 4.79 Å². The highest BCUT2D eigenvalue weighted by molar-refractivity contribution is 14.1. The summed E-state index contributed by atoms with van der Waals surface area (Å²) in [5, 5.41) is 8.67. The maximum Gasteiger partial charge on any atom is 0.303 e. The topological polar surface area (TPSA) is 37.3 Å². The van der Waals surface area contributed by atoms with Gasteiger partial charge in [-0.25, -0.2) is 0 Å². The number of carboxylic acids is 1. The molecule has 0 spiro atoms. The molecule has 0 saturated heterocycles. The number of hydrogen-bond acceptors (Lipinski definition) is 1. The van der Waals surface area contributed by atoms with Crippen molar-refractivity contribution in [2.75, 3.05) is 4.43 Å². The molecular formula is C17H33IO2. The van der Waals surface area contributed by atoms with Crippen LogP contribution in [0.15, 0.2) is 0 Å². The van der Waals surface area contributed by atoms with Gasteiger partial charge in [0.2, 0.25) is 0 Å². The van der Waals surface area contributed by atoms with E-state index in [-0.39, 0.29) is 0 Å². The van der Waals surface area contributed by atoms with Crippen LogP contribution in [0.3, 0.4) is 0 Å². The first-order valence-corrected chi connectivity index (χ1v) is 9.97. The lowest BCUT2D eigenvalue weighted by Gasteiger charge is -2.07. The molecule has 0 amide bonds. The molecule has 1 atom stereocenters. The van der Waals surface area contributed by atoms with Crippen LogP contribution < -0.4 is 0 Å². The van der Waals surface area contributed by atoms with Crippen molar-refractivity contribution in [1.29, 1.82) is 0 Å². The Kier molecular flexibility index (Phi) is 15.7. The Morgan fingerprint density at radius 2 is 1.25 bits per heavy atom. The SMILES string of the molecule is CC(CCCCCCCCCCCCCI)C[14C](=O)O. The zero-order valence-electron chi connectivity index (χ0n) is 13.2. The van der Waals surface area contributed by atoms with Crippen LogP contribution in [0.1, 0.15) is 90.4 Å². The van der Waals surface area contributed by atoms with Crippen molar-refractivity contribution >= 4 is 28.6 Å². The second-order valence-electron chi connectivity index (χ2n) is 6.07. The molecule has 0 fully saturated rings. The minimum Gasteiger partial charge on any atom is -0.481 e. The number of hydrogen-bond donors (Lipinski definition) is 1. The predicted molar refractivity (Wildman–Crippen MR) is 95.7 cm³/mol. The van der Waals surface area contributed by atoms with Crippen molar-refractivity contribution in [3.05, 3.63) is 0 Å². The summed E-state index contributed by atoms with van der Waals surface area (Å²) < 4.78 is 1.31. The van der Waals surface area contributed by atoms with Gasteiger partial charge in [0.1, 0.15) is 0 Å². The highest BCUT2D eigenvalue weighted by Gasteiger charge is 2.06. The molecule has 0 aliphatic heterocycles. The first-order valence-electron chi connectivity index (χ1n) is 8.44. The van der Waals surface area contributed by atoms with Crippen molar-refractivity contribution < 1.29 is 9.90 Å². The fourth-order valence-electron chi connectivity index (χ4n) is 2.58. The molecule has 2 nitrogen and oxygen atoms in total. The Labute approximate surface area is 139 Å². The van der Waals surface area contributed by atoms with E-state index >= 15 is 0 Å². The summed E-state index contributed by atoms with van der Waals surface area (Å²) in [6, 6.07) is 0. The van der Waals surface area contributed by atoms with Gasteiger partial charge in [0, 0.05) is 6.42 Å². The molecule has 0 radical (unpaired) electrons. The van der Waals surface area contributed by atoms with Crippen LogP contribution in [0.5, 0.6) is 0 Å². The number of unbranched alkanes of at least 4 members (excludes halogenated alkanes) is 10. The molecule has 1 N–H and O–H groups in total. The van der Waals surface area contributed by atoms with Crippen molar-refractivity contribution in [3.8, 4) is 0 Å². The molecule has 120 valence electrons. The highest BCUT2D eigenvalue weighted by atomic mass is 127. The van der Waals surface area contributed by atoms with E-state index in [1.807, 2.05) is 6.92 Å². The third-order valence-electron chi connectivity index (χ3n) is 3.85. The predicted octanol–water partition coefficient (Wildman–Crippen LogP) is 6.21. The molecular weight excluding hydrogens is 365 g/mol. The molecule has 0 heterocycles. The zero-order valence-corrected chi connectivity index (χ0v) is 15.4. The van der Waals surface area contributed by atoms with E-state index in [4.69, 9.17) is 5.11 Å².